The molecule has 1 aliphatic heterocycles. The van der Waals surface area contributed by atoms with Crippen LogP contribution in [0.5, 0.6) is 0 Å². The Bertz CT molecular complexity index is 1520. The van der Waals surface area contributed by atoms with Gasteiger partial charge >= 0.3 is 17.9 Å². The number of Topliss-reactive ketones (excluding diaryl/α,β-unsaturated/α-hetero) is 1. The van der Waals surface area contributed by atoms with Crippen molar-refractivity contribution >= 4 is 50.5 Å². The van der Waals surface area contributed by atoms with Crippen molar-refractivity contribution in [3.8, 4) is 0 Å². The Morgan fingerprint density at radius 1 is 1.12 bits per heavy atom. The number of carbonyl (C=O) groups excluding carboxylic acids is 4. The lowest BCUT2D eigenvalue weighted by molar-refractivity contribution is -0.346. The molecule has 2 saturated carbocycles. The minimum Gasteiger partial charge on any atom is -0.456 e. The number of rotatable bonds is 9. The molecular weight excluding hydrogens is 695 g/mol. The minimum absolute atomic E-state index is 0.0628. The molecule has 3 aliphatic carbocycles. The molecule has 0 radical (unpaired) electrons. The van der Waals surface area contributed by atoms with Crippen LogP contribution in [0.15, 0.2) is 41.5 Å². The monoisotopic (exact) mass is 741 g/mol. The van der Waals surface area contributed by atoms with Crippen LogP contribution in [0, 0.1) is 16.7 Å². The molecule has 16 heteroatoms. The fraction of sp³-hybridized carbons (Fsp3) is 0.636. The van der Waals surface area contributed by atoms with E-state index >= 15 is 0 Å². The van der Waals surface area contributed by atoms with Crippen molar-refractivity contribution in [2.24, 2.45) is 16.7 Å². The maximum atomic E-state index is 14.8. The number of nitrogens with one attached hydrogen (secondary N) is 1. The van der Waals surface area contributed by atoms with E-state index in [1.54, 1.807) is 45.9 Å². The molecule has 0 amide bonds. The number of esters is 3. The lowest BCUT2D eigenvalue weighted by Gasteiger charge is -2.67. The Kier molecular flexibility index (Phi) is 10.9. The average Bonchev–Trinajstić information content (AvgIpc) is 3.05. The number of fused-ring (bicyclic) bond motifs is 5. The van der Waals surface area contributed by atoms with Gasteiger partial charge in [-0.05, 0) is 44.1 Å². The van der Waals surface area contributed by atoms with E-state index in [9.17, 15) is 34.5 Å². The Morgan fingerprint density at radius 3 is 2.33 bits per heavy atom. The smallest absolute Gasteiger partial charge is 0.338 e. The van der Waals surface area contributed by atoms with Gasteiger partial charge in [-0.25, -0.2) is 9.59 Å². The van der Waals surface area contributed by atoms with E-state index in [0.29, 0.717) is 5.57 Å². The highest BCUT2D eigenvalue weighted by molar-refractivity contribution is 8.00. The summed E-state index contributed by atoms with van der Waals surface area (Å²) < 4.78 is 29.8. The van der Waals surface area contributed by atoms with Crippen LogP contribution >= 0.6 is 26.8 Å². The minimum atomic E-state index is -2.20. The third kappa shape index (κ3) is 6.01. The molecule has 3 fully saturated rings. The molecule has 4 aliphatic rings. The van der Waals surface area contributed by atoms with Gasteiger partial charge in [-0.1, -0.05) is 50.4 Å². The highest BCUT2D eigenvalue weighted by Gasteiger charge is 2.78. The summed E-state index contributed by atoms with van der Waals surface area (Å²) in [5.41, 5.74) is -6.74. The second-order valence-electron chi connectivity index (χ2n) is 14.2. The zero-order valence-electron chi connectivity index (χ0n) is 28.3. The maximum absolute atomic E-state index is 14.8. The molecule has 270 valence electrons. The third-order valence-electron chi connectivity index (χ3n) is 11.3. The third-order valence-corrected chi connectivity index (χ3v) is 12.6. The maximum Gasteiger partial charge on any atom is 0.338 e. The van der Waals surface area contributed by atoms with E-state index < -0.39 is 94.3 Å². The number of hydrogen-bond donors (Lipinski definition) is 4. The Morgan fingerprint density at radius 2 is 1.78 bits per heavy atom. The van der Waals surface area contributed by atoms with E-state index in [0.717, 1.165) is 0 Å². The molecule has 3 unspecified atom stereocenters. The van der Waals surface area contributed by atoms with Crippen molar-refractivity contribution in [1.82, 2.24) is 5.09 Å². The molecule has 13 nitrogen and oxygen atoms in total. The van der Waals surface area contributed by atoms with Gasteiger partial charge in [0, 0.05) is 39.7 Å². The van der Waals surface area contributed by atoms with Gasteiger partial charge < -0.3 is 38.8 Å². The lowest BCUT2D eigenvalue weighted by Crippen LogP contribution is -2.81. The van der Waals surface area contributed by atoms with Gasteiger partial charge in [0.05, 0.1) is 29.6 Å². The lowest BCUT2D eigenvalue weighted by atomic mass is 9.44. The normalized spacial score (nSPS) is 37.9. The average molecular weight is 742 g/mol. The second kappa shape index (κ2) is 13.9. The first-order valence-electron chi connectivity index (χ1n) is 16.1. The number of carbonyl (C=O) groups is 4. The van der Waals surface area contributed by atoms with Gasteiger partial charge in [-0.3, -0.25) is 14.7 Å². The molecule has 0 aromatic heterocycles. The molecule has 49 heavy (non-hydrogen) atoms. The standard InChI is InChI=1S/C33H46NO12P3/c1-15-19(43-29(40)24(46-49-48)16(2)34-47)13-33(41)27(44-28(39)18-10-8-7-9-11-18)25-31(6,26(38)23(37)22(15)30(33,4)5)20(36)12-21-32(25,14-42-21)45-17(3)35/h7-11,16,19-21,23-25,27,34,36-37,41,49H,12-14,47-48H2,1-6H3/t16-,19-,20-,21+,23+,24+,25-,27-,31+,32-,33+/m0/s1. The summed E-state index contributed by atoms with van der Waals surface area (Å²) in [5.74, 6) is -4.58. The topological polar surface area (TPSA) is 187 Å². The Labute approximate surface area is 291 Å². The zero-order chi connectivity index (χ0) is 36.3. The van der Waals surface area contributed by atoms with Gasteiger partial charge in [-0.15, -0.1) is 0 Å². The number of aliphatic hydroxyl groups excluding tert-OH is 2. The van der Waals surface area contributed by atoms with Gasteiger partial charge in [-0.2, -0.15) is 0 Å². The molecule has 1 heterocycles. The van der Waals surface area contributed by atoms with Crippen LogP contribution in [0.1, 0.15) is 64.7 Å². The summed E-state index contributed by atoms with van der Waals surface area (Å²) in [4.78, 5) is 55.1. The number of ether oxygens (including phenoxy) is 4. The summed E-state index contributed by atoms with van der Waals surface area (Å²) in [5, 5.41) is 39.9. The number of benzene rings is 1. The first kappa shape index (κ1) is 38.3. The molecule has 1 saturated heterocycles. The van der Waals surface area contributed by atoms with Gasteiger partial charge in [0.25, 0.3) is 0 Å². The van der Waals surface area contributed by atoms with Crippen molar-refractivity contribution in [2.45, 2.75) is 108 Å². The number of hydrogen-bond acceptors (Lipinski definition) is 13. The van der Waals surface area contributed by atoms with Crippen LogP contribution in [0.4, 0.5) is 0 Å². The van der Waals surface area contributed by atoms with Gasteiger partial charge in [0.1, 0.15) is 30.0 Å². The largest absolute Gasteiger partial charge is 0.456 e. The van der Waals surface area contributed by atoms with Crippen LogP contribution in [-0.4, -0.2) is 99.5 Å². The second-order valence-corrected chi connectivity index (χ2v) is 15.7. The van der Waals surface area contributed by atoms with Crippen molar-refractivity contribution in [3.05, 3.63) is 47.0 Å². The van der Waals surface area contributed by atoms with Crippen molar-refractivity contribution in [3.63, 3.8) is 0 Å². The fourth-order valence-corrected chi connectivity index (χ4v) is 9.56. The van der Waals surface area contributed by atoms with Crippen molar-refractivity contribution in [2.75, 3.05) is 6.61 Å². The van der Waals surface area contributed by atoms with E-state index in [-0.39, 0.29) is 39.1 Å². The predicted octanol–water partition coefficient (Wildman–Crippen LogP) is 2.17. The van der Waals surface area contributed by atoms with Crippen LogP contribution in [0.25, 0.3) is 0 Å². The quantitative estimate of drug-likeness (QED) is 0.125. The van der Waals surface area contributed by atoms with E-state index in [2.05, 4.69) is 23.4 Å². The highest BCUT2D eigenvalue weighted by atomic mass is 32.0. The SMILES string of the molecule is CC(=O)O[C@@]12CO[C@@H]1C[C@H](O)[C@@]1(C)C(=O)[C@H](O)C3=C(C)[C@@H](OC(=O)[C@H](OPP)[C@H](C)NP)C[C@@](O)([C@@H](OC(=O)c4ccccc4)[C@H]21)C3(C)C. The van der Waals surface area contributed by atoms with E-state index in [1.165, 1.54) is 26.0 Å². The molecule has 1 aromatic carbocycles. The van der Waals surface area contributed by atoms with Crippen molar-refractivity contribution in [1.29, 1.82) is 0 Å². The molecule has 5 rings (SSSR count). The van der Waals surface area contributed by atoms with Crippen LogP contribution in [0.3, 0.4) is 0 Å². The van der Waals surface area contributed by atoms with Crippen molar-refractivity contribution < 1.29 is 58.0 Å². The van der Waals surface area contributed by atoms with Gasteiger partial charge in [0.15, 0.2) is 17.5 Å². The summed E-state index contributed by atoms with van der Waals surface area (Å²) >= 11 is 0. The fourth-order valence-electron chi connectivity index (χ4n) is 8.50. The summed E-state index contributed by atoms with van der Waals surface area (Å²) in [7, 11) is 4.59. The van der Waals surface area contributed by atoms with E-state index in [4.69, 9.17) is 23.5 Å². The van der Waals surface area contributed by atoms with Crippen LogP contribution in [0.2, 0.25) is 0 Å². The van der Waals surface area contributed by atoms with E-state index in [1.807, 2.05) is 0 Å². The zero-order valence-corrected chi connectivity index (χ0v) is 31.6. The Hall–Kier alpha value is -1.91. The summed E-state index contributed by atoms with van der Waals surface area (Å²) in [6, 6.07) is 7.54. The van der Waals surface area contributed by atoms with Crippen LogP contribution < -0.4 is 5.09 Å². The first-order chi connectivity index (χ1) is 22.9. The summed E-state index contributed by atoms with van der Waals surface area (Å²) in [6.07, 6.45) is -8.69. The molecular formula is C33H46NO12P3. The summed E-state index contributed by atoms with van der Waals surface area (Å²) in [6.45, 7) is 8.95. The molecule has 4 N–H and O–H groups in total. The van der Waals surface area contributed by atoms with Gasteiger partial charge in [0.2, 0.25) is 0 Å². The number of ketones is 1. The highest BCUT2D eigenvalue weighted by Crippen LogP contribution is 2.64. The van der Waals surface area contributed by atoms with Crippen LogP contribution in [-0.2, 0) is 37.9 Å². The first-order valence-corrected chi connectivity index (χ1v) is 19.4. The Balaban J connectivity index is 1.76. The molecule has 14 atom stereocenters. The molecule has 0 spiro atoms. The predicted molar refractivity (Wildman–Crippen MR) is 184 cm³/mol. The molecule has 2 bridgehead atoms. The number of aliphatic hydroxyl groups is 3. The molecule has 1 aromatic rings.